The van der Waals surface area contributed by atoms with Gasteiger partial charge in [-0.05, 0) is 47.7 Å². The number of allylic oxidation sites excluding steroid dienone is 2. The summed E-state index contributed by atoms with van der Waals surface area (Å²) < 4.78 is 10.9. The summed E-state index contributed by atoms with van der Waals surface area (Å²) >= 11 is 0. The van der Waals surface area contributed by atoms with E-state index in [2.05, 4.69) is 35.7 Å². The standard InChI is InChI=1S/C22H20N2O2/c1-25-16-9-11-17-15(12-16)8-10-18-20(14-6-4-3-5-7-14)19(13-23)22(26-2)24-21(17)18/h3-7,9,11-12,20,24H,8,10H2,1-2H3. The molecule has 0 aromatic heterocycles. The molecular weight excluding hydrogens is 324 g/mol. The van der Waals surface area contributed by atoms with Crippen LogP contribution in [0.1, 0.15) is 29.0 Å². The molecule has 2 aliphatic rings. The normalized spacial score (nSPS) is 18.4. The van der Waals surface area contributed by atoms with Gasteiger partial charge in [-0.3, -0.25) is 0 Å². The van der Waals surface area contributed by atoms with Gasteiger partial charge in [-0.1, -0.05) is 30.3 Å². The Morgan fingerprint density at radius 2 is 1.85 bits per heavy atom. The molecule has 4 heteroatoms. The zero-order chi connectivity index (χ0) is 18.1. The van der Waals surface area contributed by atoms with Gasteiger partial charge >= 0.3 is 0 Å². The number of nitriles is 1. The second-order valence-corrected chi connectivity index (χ2v) is 6.45. The van der Waals surface area contributed by atoms with Crippen LogP contribution in [0.4, 0.5) is 0 Å². The molecule has 0 spiro atoms. The van der Waals surface area contributed by atoms with Crippen LogP contribution in [0.2, 0.25) is 0 Å². The topological polar surface area (TPSA) is 54.3 Å². The average molecular weight is 344 g/mol. The Morgan fingerprint density at radius 3 is 2.54 bits per heavy atom. The smallest absolute Gasteiger partial charge is 0.206 e. The molecule has 1 N–H and O–H groups in total. The van der Waals surface area contributed by atoms with E-state index in [0.29, 0.717) is 11.5 Å². The van der Waals surface area contributed by atoms with E-state index in [4.69, 9.17) is 9.47 Å². The third-order valence-corrected chi connectivity index (χ3v) is 5.14. The summed E-state index contributed by atoms with van der Waals surface area (Å²) in [5.74, 6) is 1.31. The van der Waals surface area contributed by atoms with Gasteiger partial charge in [-0.25, -0.2) is 0 Å². The predicted molar refractivity (Wildman–Crippen MR) is 100 cm³/mol. The van der Waals surface area contributed by atoms with E-state index in [-0.39, 0.29) is 5.92 Å². The molecule has 130 valence electrons. The highest BCUT2D eigenvalue weighted by Gasteiger charge is 2.35. The monoisotopic (exact) mass is 344 g/mol. The van der Waals surface area contributed by atoms with Crippen LogP contribution in [0.3, 0.4) is 0 Å². The molecule has 0 saturated carbocycles. The number of ether oxygens (including phenoxy) is 2. The number of rotatable bonds is 3. The first kappa shape index (κ1) is 16.3. The van der Waals surface area contributed by atoms with Crippen molar-refractivity contribution in [3.8, 4) is 11.8 Å². The minimum atomic E-state index is -0.0809. The first-order valence-electron chi connectivity index (χ1n) is 8.67. The molecule has 4 nitrogen and oxygen atoms in total. The number of benzene rings is 2. The molecule has 0 saturated heterocycles. The molecular formula is C22H20N2O2. The van der Waals surface area contributed by atoms with Crippen molar-refractivity contribution in [3.05, 3.63) is 82.3 Å². The SMILES string of the molecule is COC1=C(C#N)C(c2ccccc2)C2=C(N1)c1ccc(OC)cc1CC2. The molecule has 2 aromatic rings. The van der Waals surface area contributed by atoms with E-state index in [1.165, 1.54) is 11.1 Å². The predicted octanol–water partition coefficient (Wildman–Crippen LogP) is 4.12. The molecule has 0 amide bonds. The fourth-order valence-electron chi connectivity index (χ4n) is 3.93. The van der Waals surface area contributed by atoms with Crippen molar-refractivity contribution in [3.63, 3.8) is 0 Å². The highest BCUT2D eigenvalue weighted by atomic mass is 16.5. The van der Waals surface area contributed by atoms with Gasteiger partial charge in [0.15, 0.2) is 0 Å². The van der Waals surface area contributed by atoms with E-state index >= 15 is 0 Å². The summed E-state index contributed by atoms with van der Waals surface area (Å²) in [4.78, 5) is 0. The largest absolute Gasteiger partial charge is 0.497 e. The van der Waals surface area contributed by atoms with E-state index in [9.17, 15) is 5.26 Å². The number of hydrogen-bond donors (Lipinski definition) is 1. The van der Waals surface area contributed by atoms with Crippen molar-refractivity contribution in [2.24, 2.45) is 0 Å². The Hall–Kier alpha value is -3.19. The van der Waals surface area contributed by atoms with Gasteiger partial charge < -0.3 is 14.8 Å². The molecule has 1 atom stereocenters. The minimum absolute atomic E-state index is 0.0809. The Morgan fingerprint density at radius 1 is 1.04 bits per heavy atom. The second-order valence-electron chi connectivity index (χ2n) is 6.45. The molecule has 2 aromatic carbocycles. The lowest BCUT2D eigenvalue weighted by Crippen LogP contribution is -2.29. The number of fused-ring (bicyclic) bond motifs is 2. The van der Waals surface area contributed by atoms with Crippen molar-refractivity contribution >= 4 is 5.70 Å². The zero-order valence-electron chi connectivity index (χ0n) is 14.9. The van der Waals surface area contributed by atoms with Crippen LogP contribution in [-0.2, 0) is 11.2 Å². The second kappa shape index (κ2) is 6.61. The molecule has 1 aliphatic carbocycles. The Labute approximate surface area is 153 Å². The number of nitrogens with one attached hydrogen (secondary N) is 1. The highest BCUT2D eigenvalue weighted by Crippen LogP contribution is 2.45. The van der Waals surface area contributed by atoms with Gasteiger partial charge in [0.25, 0.3) is 0 Å². The fraction of sp³-hybridized carbons (Fsp3) is 0.227. The molecule has 0 bridgehead atoms. The van der Waals surface area contributed by atoms with E-state index < -0.39 is 0 Å². The van der Waals surface area contributed by atoms with Crippen LogP contribution in [0, 0.1) is 11.3 Å². The van der Waals surface area contributed by atoms with Crippen LogP contribution in [-0.4, -0.2) is 14.2 Å². The van der Waals surface area contributed by atoms with Gasteiger partial charge in [-0.15, -0.1) is 0 Å². The molecule has 4 rings (SSSR count). The summed E-state index contributed by atoms with van der Waals surface area (Å²) in [7, 11) is 3.29. The highest BCUT2D eigenvalue weighted by molar-refractivity contribution is 5.78. The van der Waals surface area contributed by atoms with Gasteiger partial charge in [-0.2, -0.15) is 5.26 Å². The van der Waals surface area contributed by atoms with Crippen LogP contribution in [0.25, 0.3) is 5.70 Å². The molecule has 0 radical (unpaired) electrons. The molecule has 0 fully saturated rings. The molecule has 1 unspecified atom stereocenters. The zero-order valence-corrected chi connectivity index (χ0v) is 14.9. The van der Waals surface area contributed by atoms with Crippen LogP contribution >= 0.6 is 0 Å². The van der Waals surface area contributed by atoms with Gasteiger partial charge in [0.2, 0.25) is 5.88 Å². The van der Waals surface area contributed by atoms with Crippen molar-refractivity contribution in [1.82, 2.24) is 5.32 Å². The summed E-state index contributed by atoms with van der Waals surface area (Å²) in [6.07, 6.45) is 1.82. The number of methoxy groups -OCH3 is 2. The molecule has 26 heavy (non-hydrogen) atoms. The maximum atomic E-state index is 9.81. The van der Waals surface area contributed by atoms with Crippen molar-refractivity contribution < 1.29 is 9.47 Å². The van der Waals surface area contributed by atoms with Crippen molar-refractivity contribution in [1.29, 1.82) is 5.26 Å². The molecule has 1 aliphatic heterocycles. The summed E-state index contributed by atoms with van der Waals surface area (Å²) in [6.45, 7) is 0. The third kappa shape index (κ3) is 2.53. The van der Waals surface area contributed by atoms with Crippen molar-refractivity contribution in [2.45, 2.75) is 18.8 Å². The maximum Gasteiger partial charge on any atom is 0.206 e. The van der Waals surface area contributed by atoms with E-state index in [1.807, 2.05) is 24.3 Å². The maximum absolute atomic E-state index is 9.81. The lowest BCUT2D eigenvalue weighted by molar-refractivity contribution is 0.266. The first-order chi connectivity index (χ1) is 12.8. The fourth-order valence-corrected chi connectivity index (χ4v) is 3.93. The summed E-state index contributed by atoms with van der Waals surface area (Å²) in [6, 6.07) is 18.7. The van der Waals surface area contributed by atoms with E-state index in [0.717, 1.165) is 35.4 Å². The van der Waals surface area contributed by atoms with Gasteiger partial charge in [0, 0.05) is 17.2 Å². The minimum Gasteiger partial charge on any atom is -0.497 e. The Bertz CT molecular complexity index is 952. The van der Waals surface area contributed by atoms with Gasteiger partial charge in [0.1, 0.15) is 17.4 Å². The number of hydrogen-bond acceptors (Lipinski definition) is 4. The number of dihydropyridines is 1. The summed E-state index contributed by atoms with van der Waals surface area (Å²) in [5.41, 5.74) is 6.45. The van der Waals surface area contributed by atoms with Gasteiger partial charge in [0.05, 0.1) is 14.2 Å². The third-order valence-electron chi connectivity index (χ3n) is 5.14. The average Bonchev–Trinajstić information content (AvgIpc) is 2.72. The van der Waals surface area contributed by atoms with Crippen molar-refractivity contribution in [2.75, 3.05) is 14.2 Å². The molecule has 1 heterocycles. The number of aryl methyl sites for hydroxylation is 1. The lowest BCUT2D eigenvalue weighted by atomic mass is 9.75. The number of nitrogens with zero attached hydrogens (tertiary/aromatic N) is 1. The van der Waals surface area contributed by atoms with Crippen LogP contribution in [0.5, 0.6) is 5.75 Å². The summed E-state index contributed by atoms with van der Waals surface area (Å²) in [5, 5.41) is 13.2. The lowest BCUT2D eigenvalue weighted by Gasteiger charge is -2.34. The van der Waals surface area contributed by atoms with Crippen LogP contribution in [0.15, 0.2) is 65.6 Å². The Balaban J connectivity index is 1.90. The first-order valence-corrected chi connectivity index (χ1v) is 8.67. The Kier molecular flexibility index (Phi) is 4.14. The van der Waals surface area contributed by atoms with E-state index in [1.54, 1.807) is 14.2 Å². The quantitative estimate of drug-likeness (QED) is 0.910. The van der Waals surface area contributed by atoms with Crippen LogP contribution < -0.4 is 10.1 Å².